The first kappa shape index (κ1) is 22.0. The number of anilines is 2. The topological polar surface area (TPSA) is 90.9 Å². The second-order valence-corrected chi connectivity index (χ2v) is 7.24. The molecule has 0 atom stereocenters. The van der Waals surface area contributed by atoms with E-state index in [0.717, 1.165) is 44.5 Å². The molecule has 0 saturated heterocycles. The number of amides is 1. The molecule has 0 spiro atoms. The highest BCUT2D eigenvalue weighted by molar-refractivity contribution is 6.09. The van der Waals surface area contributed by atoms with Gasteiger partial charge in [-0.2, -0.15) is 0 Å². The Hall–Kier alpha value is -4.20. The van der Waals surface area contributed by atoms with Gasteiger partial charge in [0.05, 0.1) is 38.1 Å². The van der Waals surface area contributed by atoms with Gasteiger partial charge in [0.2, 0.25) is 0 Å². The van der Waals surface area contributed by atoms with Crippen molar-refractivity contribution in [1.29, 1.82) is 0 Å². The maximum absolute atomic E-state index is 11.3. The van der Waals surface area contributed by atoms with Crippen molar-refractivity contribution < 1.29 is 23.7 Å². The third kappa shape index (κ3) is 4.55. The van der Waals surface area contributed by atoms with Crippen LogP contribution < -0.4 is 24.8 Å². The van der Waals surface area contributed by atoms with Crippen LogP contribution in [0.3, 0.4) is 0 Å². The molecular formula is C25H25N3O5. The fourth-order valence-corrected chi connectivity index (χ4v) is 3.56. The third-order valence-electron chi connectivity index (χ3n) is 5.28. The van der Waals surface area contributed by atoms with Gasteiger partial charge in [-0.05, 0) is 35.9 Å². The third-order valence-corrected chi connectivity index (χ3v) is 5.28. The standard InChI is InChI=1S/C25H25N3O5/c1-26-25(29)33-14-15-5-7-16(8-6-15)27-24-18-10-9-17(30-2)11-20(18)28-21-13-23(32-4)22(31-3)12-19(21)24/h5-13H,14H2,1-4H3,(H,26,29)(H,27,28). The summed E-state index contributed by atoms with van der Waals surface area (Å²) in [6.07, 6.45) is -0.466. The van der Waals surface area contributed by atoms with Crippen molar-refractivity contribution in [3.63, 3.8) is 0 Å². The molecule has 1 heterocycles. The van der Waals surface area contributed by atoms with Gasteiger partial charge in [0.25, 0.3) is 0 Å². The summed E-state index contributed by atoms with van der Waals surface area (Å²) in [5.74, 6) is 1.94. The van der Waals surface area contributed by atoms with E-state index in [1.807, 2.05) is 54.6 Å². The van der Waals surface area contributed by atoms with Crippen LogP contribution in [-0.4, -0.2) is 39.5 Å². The molecule has 0 saturated carbocycles. The highest BCUT2D eigenvalue weighted by Gasteiger charge is 2.15. The summed E-state index contributed by atoms with van der Waals surface area (Å²) >= 11 is 0. The molecule has 170 valence electrons. The predicted molar refractivity (Wildman–Crippen MR) is 128 cm³/mol. The highest BCUT2D eigenvalue weighted by atomic mass is 16.5. The van der Waals surface area contributed by atoms with Crippen LogP contribution in [0, 0.1) is 0 Å². The number of ether oxygens (including phenoxy) is 4. The summed E-state index contributed by atoms with van der Waals surface area (Å²) in [4.78, 5) is 16.1. The van der Waals surface area contributed by atoms with E-state index < -0.39 is 6.09 Å². The highest BCUT2D eigenvalue weighted by Crippen LogP contribution is 2.39. The molecule has 0 radical (unpaired) electrons. The van der Waals surface area contributed by atoms with Crippen LogP contribution >= 0.6 is 0 Å². The van der Waals surface area contributed by atoms with Gasteiger partial charge in [0.1, 0.15) is 12.4 Å². The van der Waals surface area contributed by atoms with Crippen LogP contribution in [0.2, 0.25) is 0 Å². The molecule has 8 nitrogen and oxygen atoms in total. The lowest BCUT2D eigenvalue weighted by Crippen LogP contribution is -2.18. The van der Waals surface area contributed by atoms with E-state index in [4.69, 9.17) is 23.9 Å². The number of aromatic nitrogens is 1. The van der Waals surface area contributed by atoms with Gasteiger partial charge in [-0.1, -0.05) is 12.1 Å². The maximum Gasteiger partial charge on any atom is 0.407 e. The molecule has 8 heteroatoms. The first-order valence-corrected chi connectivity index (χ1v) is 10.3. The number of carbonyl (C=O) groups is 1. The number of benzene rings is 3. The Morgan fingerprint density at radius 1 is 0.848 bits per heavy atom. The van der Waals surface area contributed by atoms with Crippen molar-refractivity contribution in [2.45, 2.75) is 6.61 Å². The summed E-state index contributed by atoms with van der Waals surface area (Å²) in [5, 5.41) is 7.77. The fourth-order valence-electron chi connectivity index (χ4n) is 3.56. The molecule has 33 heavy (non-hydrogen) atoms. The maximum atomic E-state index is 11.3. The van der Waals surface area contributed by atoms with Gasteiger partial charge < -0.3 is 29.6 Å². The molecule has 4 rings (SSSR count). The summed E-state index contributed by atoms with van der Waals surface area (Å²) in [6.45, 7) is 0.192. The number of alkyl carbamates (subject to hydrolysis) is 1. The fraction of sp³-hybridized carbons (Fsp3) is 0.200. The van der Waals surface area contributed by atoms with Crippen molar-refractivity contribution >= 4 is 39.3 Å². The summed E-state index contributed by atoms with van der Waals surface area (Å²) in [5.41, 5.74) is 4.18. The van der Waals surface area contributed by atoms with Crippen LogP contribution in [0.1, 0.15) is 5.56 Å². The van der Waals surface area contributed by atoms with E-state index in [2.05, 4.69) is 10.6 Å². The Morgan fingerprint density at radius 2 is 1.55 bits per heavy atom. The first-order valence-electron chi connectivity index (χ1n) is 10.3. The number of pyridine rings is 1. The van der Waals surface area contributed by atoms with Crippen LogP contribution in [0.4, 0.5) is 16.2 Å². The van der Waals surface area contributed by atoms with Crippen molar-refractivity contribution in [2.75, 3.05) is 33.7 Å². The average Bonchev–Trinajstić information content (AvgIpc) is 2.86. The molecule has 0 aliphatic carbocycles. The Labute approximate surface area is 191 Å². The van der Waals surface area contributed by atoms with Crippen LogP contribution in [0.25, 0.3) is 21.8 Å². The predicted octanol–water partition coefficient (Wildman–Crippen LogP) is 5.01. The summed E-state index contributed by atoms with van der Waals surface area (Å²) in [6, 6.07) is 17.2. The molecular weight excluding hydrogens is 422 g/mol. The average molecular weight is 447 g/mol. The number of nitrogens with one attached hydrogen (secondary N) is 2. The van der Waals surface area contributed by atoms with E-state index in [1.165, 1.54) is 7.05 Å². The summed E-state index contributed by atoms with van der Waals surface area (Å²) < 4.78 is 21.5. The Kier molecular flexibility index (Phi) is 6.35. The van der Waals surface area contributed by atoms with Gasteiger partial charge in [-0.3, -0.25) is 0 Å². The molecule has 0 bridgehead atoms. The Morgan fingerprint density at radius 3 is 2.21 bits per heavy atom. The van der Waals surface area contributed by atoms with Crippen molar-refractivity contribution in [3.8, 4) is 17.2 Å². The lowest BCUT2D eigenvalue weighted by atomic mass is 10.1. The second-order valence-electron chi connectivity index (χ2n) is 7.24. The normalized spacial score (nSPS) is 10.7. The number of rotatable bonds is 7. The van der Waals surface area contributed by atoms with Crippen molar-refractivity contribution in [1.82, 2.24) is 10.3 Å². The van der Waals surface area contributed by atoms with Gasteiger partial charge in [-0.15, -0.1) is 0 Å². The van der Waals surface area contributed by atoms with E-state index in [9.17, 15) is 4.79 Å². The summed E-state index contributed by atoms with van der Waals surface area (Å²) in [7, 11) is 6.36. The molecule has 1 aromatic heterocycles. The second kappa shape index (κ2) is 9.52. The van der Waals surface area contributed by atoms with Gasteiger partial charge in [0.15, 0.2) is 11.5 Å². The minimum atomic E-state index is -0.466. The largest absolute Gasteiger partial charge is 0.497 e. The SMILES string of the molecule is CNC(=O)OCc1ccc(Nc2c3ccc(OC)cc3nc3cc(OC)c(OC)cc23)cc1. The van der Waals surface area contributed by atoms with E-state index >= 15 is 0 Å². The Balaban J connectivity index is 1.79. The zero-order valence-corrected chi connectivity index (χ0v) is 18.9. The molecule has 0 aliphatic heterocycles. The molecule has 4 aromatic rings. The number of carbonyl (C=O) groups excluding carboxylic acids is 1. The zero-order valence-electron chi connectivity index (χ0n) is 18.9. The molecule has 0 aliphatic rings. The van der Waals surface area contributed by atoms with Gasteiger partial charge in [0, 0.05) is 35.6 Å². The first-order chi connectivity index (χ1) is 16.1. The molecule has 0 fully saturated rings. The van der Waals surface area contributed by atoms with Crippen molar-refractivity contribution in [2.24, 2.45) is 0 Å². The molecule has 0 unspecified atom stereocenters. The van der Waals surface area contributed by atoms with E-state index in [-0.39, 0.29) is 6.61 Å². The van der Waals surface area contributed by atoms with Crippen molar-refractivity contribution in [3.05, 3.63) is 60.2 Å². The Bertz CT molecular complexity index is 1310. The minimum Gasteiger partial charge on any atom is -0.497 e. The van der Waals surface area contributed by atoms with Crippen LogP contribution in [0.5, 0.6) is 17.2 Å². The van der Waals surface area contributed by atoms with Crippen LogP contribution in [-0.2, 0) is 11.3 Å². The molecule has 1 amide bonds. The minimum absolute atomic E-state index is 0.192. The number of methoxy groups -OCH3 is 3. The number of hydrogen-bond donors (Lipinski definition) is 2. The van der Waals surface area contributed by atoms with E-state index in [0.29, 0.717) is 11.5 Å². The monoisotopic (exact) mass is 447 g/mol. The van der Waals surface area contributed by atoms with Gasteiger partial charge >= 0.3 is 6.09 Å². The lowest BCUT2D eigenvalue weighted by Gasteiger charge is -2.16. The number of hydrogen-bond acceptors (Lipinski definition) is 7. The quantitative estimate of drug-likeness (QED) is 0.385. The molecule has 3 aromatic carbocycles. The zero-order chi connectivity index (χ0) is 23.4. The smallest absolute Gasteiger partial charge is 0.407 e. The molecule has 2 N–H and O–H groups in total. The van der Waals surface area contributed by atoms with Gasteiger partial charge in [-0.25, -0.2) is 9.78 Å². The number of fused-ring (bicyclic) bond motifs is 2. The van der Waals surface area contributed by atoms with Crippen LogP contribution in [0.15, 0.2) is 54.6 Å². The van der Waals surface area contributed by atoms with E-state index in [1.54, 1.807) is 21.3 Å². The lowest BCUT2D eigenvalue weighted by molar-refractivity contribution is 0.142. The number of nitrogens with zero attached hydrogens (tertiary/aromatic N) is 1.